The van der Waals surface area contributed by atoms with E-state index in [0.717, 1.165) is 0 Å². The van der Waals surface area contributed by atoms with Gasteiger partial charge in [0.1, 0.15) is 0 Å². The van der Waals surface area contributed by atoms with Gasteiger partial charge >= 0.3 is 0 Å². The zero-order valence-electron chi connectivity index (χ0n) is 7.96. The standard InChI is InChI=1S/C8H12N2O4S/c9-7-3-1-4-10(8(7)11)5-2-6-15(12,13)14/h1,3-4H,2,5-6,9H2,(H,12,13,14). The Morgan fingerprint density at radius 2 is 2.13 bits per heavy atom. The van der Waals surface area contributed by atoms with Crippen LogP contribution in [0.5, 0.6) is 0 Å². The minimum atomic E-state index is -3.96. The van der Waals surface area contributed by atoms with Gasteiger partial charge in [0, 0.05) is 12.7 Å². The van der Waals surface area contributed by atoms with E-state index in [4.69, 9.17) is 10.3 Å². The zero-order chi connectivity index (χ0) is 11.5. The summed E-state index contributed by atoms with van der Waals surface area (Å²) in [6, 6.07) is 3.08. The molecule has 0 aliphatic rings. The molecule has 0 aromatic carbocycles. The van der Waals surface area contributed by atoms with Crippen molar-refractivity contribution >= 4 is 15.8 Å². The molecule has 1 aromatic rings. The first-order chi connectivity index (χ1) is 6.90. The Balaban J connectivity index is 2.67. The largest absolute Gasteiger partial charge is 0.394 e. The van der Waals surface area contributed by atoms with Crippen molar-refractivity contribution in [3.8, 4) is 0 Å². The number of hydrogen-bond acceptors (Lipinski definition) is 4. The Hall–Kier alpha value is -1.34. The number of nitrogen functional groups attached to an aromatic ring is 1. The van der Waals surface area contributed by atoms with Crippen molar-refractivity contribution in [2.75, 3.05) is 11.5 Å². The van der Waals surface area contributed by atoms with Crippen LogP contribution >= 0.6 is 0 Å². The van der Waals surface area contributed by atoms with Gasteiger partial charge in [0.25, 0.3) is 15.7 Å². The van der Waals surface area contributed by atoms with Crippen molar-refractivity contribution in [1.82, 2.24) is 4.57 Å². The van der Waals surface area contributed by atoms with Gasteiger partial charge in [0.2, 0.25) is 0 Å². The summed E-state index contributed by atoms with van der Waals surface area (Å²) in [5.41, 5.74) is 5.14. The van der Waals surface area contributed by atoms with Crippen molar-refractivity contribution in [2.24, 2.45) is 0 Å². The van der Waals surface area contributed by atoms with Gasteiger partial charge in [-0.15, -0.1) is 0 Å². The van der Waals surface area contributed by atoms with Crippen LogP contribution in [0, 0.1) is 0 Å². The second kappa shape index (κ2) is 4.45. The number of hydrogen-bond donors (Lipinski definition) is 2. The highest BCUT2D eigenvalue weighted by molar-refractivity contribution is 7.85. The summed E-state index contributed by atoms with van der Waals surface area (Å²) >= 11 is 0. The molecule has 6 nitrogen and oxygen atoms in total. The van der Waals surface area contributed by atoms with Crippen LogP contribution in [-0.4, -0.2) is 23.3 Å². The van der Waals surface area contributed by atoms with Gasteiger partial charge in [-0.05, 0) is 18.6 Å². The van der Waals surface area contributed by atoms with E-state index in [0.29, 0.717) is 0 Å². The molecule has 0 fully saturated rings. The van der Waals surface area contributed by atoms with Crippen LogP contribution in [0.3, 0.4) is 0 Å². The Kier molecular flexibility index (Phi) is 3.48. The first-order valence-electron chi connectivity index (χ1n) is 4.30. The average Bonchev–Trinajstić information content (AvgIpc) is 2.10. The van der Waals surface area contributed by atoms with Crippen LogP contribution in [0.4, 0.5) is 5.69 Å². The van der Waals surface area contributed by atoms with Gasteiger partial charge in [-0.3, -0.25) is 9.35 Å². The van der Waals surface area contributed by atoms with E-state index in [1.807, 2.05) is 0 Å². The normalized spacial score (nSPS) is 11.5. The van der Waals surface area contributed by atoms with E-state index >= 15 is 0 Å². The number of aryl methyl sites for hydroxylation is 1. The molecule has 0 saturated heterocycles. The fraction of sp³-hybridized carbons (Fsp3) is 0.375. The van der Waals surface area contributed by atoms with E-state index in [2.05, 4.69) is 0 Å². The van der Waals surface area contributed by atoms with Gasteiger partial charge in [0.15, 0.2) is 0 Å². The summed E-state index contributed by atoms with van der Waals surface area (Å²) < 4.78 is 30.6. The molecule has 0 bridgehead atoms. The Morgan fingerprint density at radius 3 is 2.73 bits per heavy atom. The number of nitrogens with two attached hydrogens (primary N) is 1. The number of pyridine rings is 1. The van der Waals surface area contributed by atoms with Gasteiger partial charge in [-0.2, -0.15) is 8.42 Å². The highest BCUT2D eigenvalue weighted by Crippen LogP contribution is 1.95. The van der Waals surface area contributed by atoms with E-state index in [1.165, 1.54) is 16.8 Å². The number of anilines is 1. The second-order valence-electron chi connectivity index (χ2n) is 3.10. The average molecular weight is 232 g/mol. The maximum absolute atomic E-state index is 11.4. The molecule has 0 saturated carbocycles. The molecule has 3 N–H and O–H groups in total. The minimum Gasteiger partial charge on any atom is -0.394 e. The van der Waals surface area contributed by atoms with Crippen LogP contribution in [-0.2, 0) is 16.7 Å². The number of nitrogens with zero attached hydrogens (tertiary/aromatic N) is 1. The van der Waals surface area contributed by atoms with Gasteiger partial charge < -0.3 is 10.3 Å². The summed E-state index contributed by atoms with van der Waals surface area (Å²) in [5, 5.41) is 0. The monoisotopic (exact) mass is 232 g/mol. The molecular formula is C8H12N2O4S. The summed E-state index contributed by atoms with van der Waals surface area (Å²) in [5.74, 6) is -0.367. The third-order valence-electron chi connectivity index (χ3n) is 1.85. The summed E-state index contributed by atoms with van der Waals surface area (Å²) in [6.07, 6.45) is 1.69. The smallest absolute Gasteiger partial charge is 0.273 e. The van der Waals surface area contributed by atoms with Crippen molar-refractivity contribution in [2.45, 2.75) is 13.0 Å². The van der Waals surface area contributed by atoms with Crippen molar-refractivity contribution < 1.29 is 13.0 Å². The molecule has 0 atom stereocenters. The van der Waals surface area contributed by atoms with Gasteiger partial charge in [-0.25, -0.2) is 0 Å². The molecule has 1 aromatic heterocycles. The lowest BCUT2D eigenvalue weighted by atomic mass is 10.4. The molecule has 84 valence electrons. The lowest BCUT2D eigenvalue weighted by molar-refractivity contribution is 0.478. The number of aromatic nitrogens is 1. The maximum Gasteiger partial charge on any atom is 0.273 e. The molecule has 0 radical (unpaired) electrons. The molecular weight excluding hydrogens is 220 g/mol. The van der Waals surface area contributed by atoms with Gasteiger partial charge in [0.05, 0.1) is 11.4 Å². The fourth-order valence-electron chi connectivity index (χ4n) is 1.15. The molecule has 0 aliphatic carbocycles. The summed E-state index contributed by atoms with van der Waals surface area (Å²) in [7, 11) is -3.96. The molecule has 1 rings (SSSR count). The summed E-state index contributed by atoms with van der Waals surface area (Å²) in [6.45, 7) is 0.212. The van der Waals surface area contributed by atoms with Crippen LogP contribution in [0.1, 0.15) is 6.42 Å². The Labute approximate surface area is 87.1 Å². The predicted octanol–water partition coefficient (Wildman–Crippen LogP) is -0.292. The third kappa shape index (κ3) is 3.72. The lowest BCUT2D eigenvalue weighted by Crippen LogP contribution is -2.23. The van der Waals surface area contributed by atoms with Crippen LogP contribution in [0.25, 0.3) is 0 Å². The molecule has 0 spiro atoms. The highest BCUT2D eigenvalue weighted by Gasteiger charge is 2.05. The van der Waals surface area contributed by atoms with Crippen LogP contribution in [0.15, 0.2) is 23.1 Å². The molecule has 0 amide bonds. The van der Waals surface area contributed by atoms with Crippen molar-refractivity contribution in [3.05, 3.63) is 28.7 Å². The van der Waals surface area contributed by atoms with Crippen molar-refractivity contribution in [3.63, 3.8) is 0 Å². The Bertz CT molecular complexity index is 492. The first-order valence-corrected chi connectivity index (χ1v) is 5.91. The maximum atomic E-state index is 11.4. The predicted molar refractivity (Wildman–Crippen MR) is 56.1 cm³/mol. The van der Waals surface area contributed by atoms with E-state index in [-0.39, 0.29) is 30.0 Å². The van der Waals surface area contributed by atoms with E-state index in [1.54, 1.807) is 6.07 Å². The summed E-state index contributed by atoms with van der Waals surface area (Å²) in [4.78, 5) is 11.4. The lowest BCUT2D eigenvalue weighted by Gasteiger charge is -2.04. The Morgan fingerprint density at radius 1 is 1.47 bits per heavy atom. The third-order valence-corrected chi connectivity index (χ3v) is 2.66. The minimum absolute atomic E-state index is 0.115. The second-order valence-corrected chi connectivity index (χ2v) is 4.67. The SMILES string of the molecule is Nc1cccn(CCCS(=O)(=O)O)c1=O. The molecule has 15 heavy (non-hydrogen) atoms. The molecule has 1 heterocycles. The molecule has 0 unspecified atom stereocenters. The number of rotatable bonds is 4. The van der Waals surface area contributed by atoms with Crippen LogP contribution in [0.2, 0.25) is 0 Å². The molecule has 7 heteroatoms. The topological polar surface area (TPSA) is 102 Å². The van der Waals surface area contributed by atoms with E-state index < -0.39 is 10.1 Å². The highest BCUT2D eigenvalue weighted by atomic mass is 32.2. The zero-order valence-corrected chi connectivity index (χ0v) is 8.77. The van der Waals surface area contributed by atoms with Crippen LogP contribution < -0.4 is 11.3 Å². The first kappa shape index (κ1) is 11.7. The molecule has 0 aliphatic heterocycles. The quantitative estimate of drug-likeness (QED) is 0.694. The van der Waals surface area contributed by atoms with E-state index in [9.17, 15) is 13.2 Å². The van der Waals surface area contributed by atoms with Gasteiger partial charge in [-0.1, -0.05) is 0 Å². The van der Waals surface area contributed by atoms with Crippen molar-refractivity contribution in [1.29, 1.82) is 0 Å². The fourth-order valence-corrected chi connectivity index (χ4v) is 1.64.